The molecule has 0 aliphatic rings. The molecule has 2 atom stereocenters. The van der Waals surface area contributed by atoms with Crippen molar-refractivity contribution in [2.45, 2.75) is 90.1 Å². The normalized spacial score (nSPS) is 14.9. The van der Waals surface area contributed by atoms with Crippen molar-refractivity contribution in [2.24, 2.45) is 5.92 Å². The monoisotopic (exact) mass is 396 g/mol. The van der Waals surface area contributed by atoms with Gasteiger partial charge in [0.1, 0.15) is 0 Å². The highest BCUT2D eigenvalue weighted by atomic mass is 16.5. The number of hydrogen-bond donors (Lipinski definition) is 1. The van der Waals surface area contributed by atoms with Crippen LogP contribution in [-0.4, -0.2) is 36.9 Å². The lowest BCUT2D eigenvalue weighted by Crippen LogP contribution is -2.47. The highest BCUT2D eigenvalue weighted by Crippen LogP contribution is 2.26. The molecule has 0 heterocycles. The summed E-state index contributed by atoms with van der Waals surface area (Å²) >= 11 is 0. The molecule has 0 saturated carbocycles. The number of ether oxygens (including phenoxy) is 2. The molecule has 0 aromatic heterocycles. The minimum atomic E-state index is -1.87. The van der Waals surface area contributed by atoms with Crippen LogP contribution in [0.3, 0.4) is 0 Å². The number of rotatable bonds is 16. The van der Waals surface area contributed by atoms with Gasteiger partial charge in [-0.1, -0.05) is 63.3 Å². The van der Waals surface area contributed by atoms with Gasteiger partial charge in [0.05, 0.1) is 20.1 Å². The average molecular weight is 397 g/mol. The van der Waals surface area contributed by atoms with Crippen molar-refractivity contribution in [3.05, 3.63) is 24.3 Å². The number of allylic oxidation sites excluding steroid dienone is 4. The summed E-state index contributed by atoms with van der Waals surface area (Å²) < 4.78 is 9.35. The van der Waals surface area contributed by atoms with Crippen LogP contribution in [0, 0.1) is 5.92 Å². The predicted octanol–water partition coefficient (Wildman–Crippen LogP) is 5.12. The highest BCUT2D eigenvalue weighted by molar-refractivity contribution is 5.87. The molecule has 0 aromatic carbocycles. The summed E-state index contributed by atoms with van der Waals surface area (Å²) in [5, 5.41) is 10.4. The van der Waals surface area contributed by atoms with Gasteiger partial charge in [-0.2, -0.15) is 0 Å². The third kappa shape index (κ3) is 11.3. The molecular weight excluding hydrogens is 356 g/mol. The number of methoxy groups -OCH3 is 2. The molecule has 0 aliphatic carbocycles. The fourth-order valence-electron chi connectivity index (χ4n) is 3.10. The van der Waals surface area contributed by atoms with E-state index in [2.05, 4.69) is 36.0 Å². The van der Waals surface area contributed by atoms with E-state index in [1.54, 1.807) is 0 Å². The molecular formula is C23H40O5. The van der Waals surface area contributed by atoms with E-state index in [1.807, 2.05) is 0 Å². The van der Waals surface area contributed by atoms with Crippen molar-refractivity contribution in [3.8, 4) is 0 Å². The van der Waals surface area contributed by atoms with Crippen LogP contribution in [0.1, 0.15) is 84.5 Å². The summed E-state index contributed by atoms with van der Waals surface area (Å²) in [4.78, 5) is 23.7. The first-order valence-electron chi connectivity index (χ1n) is 10.6. The summed E-state index contributed by atoms with van der Waals surface area (Å²) in [6.07, 6.45) is 20.2. The van der Waals surface area contributed by atoms with E-state index < -0.39 is 23.5 Å². The van der Waals surface area contributed by atoms with Gasteiger partial charge in [0.25, 0.3) is 0 Å². The van der Waals surface area contributed by atoms with E-state index in [0.717, 1.165) is 38.5 Å². The molecule has 0 bridgehead atoms. The second kappa shape index (κ2) is 16.3. The van der Waals surface area contributed by atoms with E-state index in [9.17, 15) is 14.7 Å². The van der Waals surface area contributed by atoms with Gasteiger partial charge < -0.3 is 14.6 Å². The topological polar surface area (TPSA) is 72.8 Å². The van der Waals surface area contributed by atoms with Crippen LogP contribution in [0.4, 0.5) is 0 Å². The van der Waals surface area contributed by atoms with Crippen molar-refractivity contribution in [3.63, 3.8) is 0 Å². The number of esters is 2. The second-order valence-electron chi connectivity index (χ2n) is 7.38. The van der Waals surface area contributed by atoms with Crippen molar-refractivity contribution >= 4 is 11.9 Å². The van der Waals surface area contributed by atoms with Crippen molar-refractivity contribution in [2.75, 3.05) is 14.2 Å². The van der Waals surface area contributed by atoms with E-state index in [0.29, 0.717) is 6.42 Å². The predicted molar refractivity (Wildman–Crippen MR) is 113 cm³/mol. The molecule has 0 rings (SSSR count). The molecule has 0 aliphatic heterocycles. The number of carbonyl (C=O) groups is 2. The maximum atomic E-state index is 11.9. The van der Waals surface area contributed by atoms with Crippen LogP contribution in [-0.2, 0) is 19.1 Å². The Balaban J connectivity index is 3.99. The third-order valence-corrected chi connectivity index (χ3v) is 4.96. The Kier molecular flexibility index (Phi) is 15.4. The minimum Gasteiger partial charge on any atom is -0.469 e. The molecule has 0 saturated heterocycles. The van der Waals surface area contributed by atoms with E-state index >= 15 is 0 Å². The van der Waals surface area contributed by atoms with Gasteiger partial charge in [-0.3, -0.25) is 4.79 Å². The molecule has 0 fully saturated rings. The maximum Gasteiger partial charge on any atom is 0.338 e. The van der Waals surface area contributed by atoms with Crippen molar-refractivity contribution < 1.29 is 24.2 Å². The summed E-state index contributed by atoms with van der Waals surface area (Å²) in [5.41, 5.74) is -1.87. The second-order valence-corrected chi connectivity index (χ2v) is 7.38. The molecule has 1 N–H and O–H groups in total. The molecule has 0 spiro atoms. The zero-order chi connectivity index (χ0) is 21.3. The lowest BCUT2D eigenvalue weighted by Gasteiger charge is -2.28. The van der Waals surface area contributed by atoms with Gasteiger partial charge in [0, 0.05) is 0 Å². The fraction of sp³-hybridized carbons (Fsp3) is 0.739. The average Bonchev–Trinajstić information content (AvgIpc) is 2.69. The van der Waals surface area contributed by atoms with Gasteiger partial charge in [0.2, 0.25) is 0 Å². The Labute approximate surface area is 171 Å². The zero-order valence-corrected chi connectivity index (χ0v) is 18.2. The summed E-state index contributed by atoms with van der Waals surface area (Å²) in [6.45, 7) is 3.53. The lowest BCUT2D eigenvalue weighted by atomic mass is 9.84. The number of unbranched alkanes of at least 4 members (excludes halogenated alkanes) is 7. The Hall–Kier alpha value is -1.62. The molecule has 5 nitrogen and oxygen atoms in total. The summed E-state index contributed by atoms with van der Waals surface area (Å²) in [6, 6.07) is 0. The first-order valence-corrected chi connectivity index (χ1v) is 10.6. The Morgan fingerprint density at radius 2 is 1.46 bits per heavy atom. The van der Waals surface area contributed by atoms with Crippen molar-refractivity contribution in [1.29, 1.82) is 0 Å². The van der Waals surface area contributed by atoms with Crippen LogP contribution in [0.5, 0.6) is 0 Å². The van der Waals surface area contributed by atoms with Crippen LogP contribution in [0.25, 0.3) is 0 Å². The van der Waals surface area contributed by atoms with E-state index in [4.69, 9.17) is 4.74 Å². The number of carbonyl (C=O) groups excluding carboxylic acids is 2. The highest BCUT2D eigenvalue weighted by Gasteiger charge is 2.45. The Bertz CT molecular complexity index is 479. The van der Waals surface area contributed by atoms with Gasteiger partial charge in [-0.25, -0.2) is 4.79 Å². The molecule has 5 heteroatoms. The van der Waals surface area contributed by atoms with E-state index in [-0.39, 0.29) is 0 Å². The largest absolute Gasteiger partial charge is 0.469 e. The van der Waals surface area contributed by atoms with Crippen molar-refractivity contribution in [1.82, 2.24) is 0 Å². The Morgan fingerprint density at radius 1 is 0.893 bits per heavy atom. The fourth-order valence-corrected chi connectivity index (χ4v) is 3.10. The maximum absolute atomic E-state index is 11.9. The summed E-state index contributed by atoms with van der Waals surface area (Å²) in [5.74, 6) is -2.30. The van der Waals surface area contributed by atoms with Gasteiger partial charge >= 0.3 is 11.9 Å². The van der Waals surface area contributed by atoms with E-state index in [1.165, 1.54) is 46.8 Å². The third-order valence-electron chi connectivity index (χ3n) is 4.96. The van der Waals surface area contributed by atoms with Gasteiger partial charge in [0.15, 0.2) is 5.60 Å². The summed E-state index contributed by atoms with van der Waals surface area (Å²) in [7, 11) is 2.45. The zero-order valence-electron chi connectivity index (χ0n) is 18.2. The van der Waals surface area contributed by atoms with Gasteiger partial charge in [-0.05, 0) is 45.4 Å². The van der Waals surface area contributed by atoms with Crippen LogP contribution >= 0.6 is 0 Å². The van der Waals surface area contributed by atoms with Crippen LogP contribution in [0.15, 0.2) is 24.3 Å². The first kappa shape index (κ1) is 26.4. The smallest absolute Gasteiger partial charge is 0.338 e. The molecule has 28 heavy (non-hydrogen) atoms. The standard InChI is InChI=1S/C23H40O5/c1-5-6-7-8-9-10-11-12-13-14-15-16-17-18-19-20(21(24)27-3)23(2,26)22(25)28-4/h9-10,12-13,20,26H,5-8,11,14-19H2,1-4H3/b10-9-,13-12-/t20-,23+/m0/s1. The molecule has 0 aromatic rings. The first-order chi connectivity index (χ1) is 13.4. The molecule has 0 radical (unpaired) electrons. The molecule has 0 unspecified atom stereocenters. The minimum absolute atomic E-state index is 0.396. The molecule has 0 amide bonds. The number of aliphatic hydroxyl groups is 1. The quantitative estimate of drug-likeness (QED) is 0.223. The SMILES string of the molecule is CCCCC/C=C\C/C=C\CCCCCC[C@@H](C(=O)OC)[C@@](C)(O)C(=O)OC. The lowest BCUT2D eigenvalue weighted by molar-refractivity contribution is -0.176. The Morgan fingerprint density at radius 3 is 2.00 bits per heavy atom. The van der Waals surface area contributed by atoms with Crippen LogP contribution < -0.4 is 0 Å². The van der Waals surface area contributed by atoms with Gasteiger partial charge in [-0.15, -0.1) is 0 Å². The number of hydrogen-bond acceptors (Lipinski definition) is 5. The van der Waals surface area contributed by atoms with Crippen LogP contribution in [0.2, 0.25) is 0 Å². The molecule has 162 valence electrons.